The Morgan fingerprint density at radius 2 is 1.81 bits per heavy atom. The molecule has 0 aromatic heterocycles. The largest absolute Gasteiger partial charge is 0.383 e. The van der Waals surface area contributed by atoms with Gasteiger partial charge in [0, 0.05) is 52.0 Å². The van der Waals surface area contributed by atoms with Gasteiger partial charge in [-0.05, 0) is 30.9 Å². The Morgan fingerprint density at radius 1 is 1.22 bits per heavy atom. The first kappa shape index (κ1) is 21.1. The van der Waals surface area contributed by atoms with Crippen LogP contribution in [-0.2, 0) is 9.47 Å². The summed E-state index contributed by atoms with van der Waals surface area (Å²) in [6.45, 7) is 5.37. The van der Waals surface area contributed by atoms with Gasteiger partial charge in [-0.2, -0.15) is 0 Å². The van der Waals surface area contributed by atoms with Crippen LogP contribution >= 0.6 is 0 Å². The normalized spacial score (nSPS) is 15.0. The number of nitro groups is 1. The number of carbonyl (C=O) groups is 1. The van der Waals surface area contributed by atoms with E-state index >= 15 is 0 Å². The molecule has 0 atom stereocenters. The first-order chi connectivity index (χ1) is 13.0. The van der Waals surface area contributed by atoms with Gasteiger partial charge in [-0.3, -0.25) is 14.9 Å². The lowest BCUT2D eigenvalue weighted by molar-refractivity contribution is -0.384. The van der Waals surface area contributed by atoms with Gasteiger partial charge in [-0.25, -0.2) is 0 Å². The van der Waals surface area contributed by atoms with Crippen LogP contribution in [0.3, 0.4) is 0 Å². The minimum absolute atomic E-state index is 0.0196. The molecule has 0 bridgehead atoms. The standard InChI is InChI=1S/C19H29N3O5/c1-15-6-8-20(9-7-15)17-5-4-16(14-18(17)22(24)25)19(23)21(10-12-26-2)11-13-27-3/h4-5,14-15H,6-13H2,1-3H3. The van der Waals surface area contributed by atoms with E-state index in [1.54, 1.807) is 31.3 Å². The van der Waals surface area contributed by atoms with Crippen LogP contribution in [-0.4, -0.2) is 69.3 Å². The van der Waals surface area contributed by atoms with E-state index in [2.05, 4.69) is 6.92 Å². The molecule has 0 spiro atoms. The summed E-state index contributed by atoms with van der Waals surface area (Å²) in [6.07, 6.45) is 2.03. The van der Waals surface area contributed by atoms with Crippen LogP contribution in [0.25, 0.3) is 0 Å². The van der Waals surface area contributed by atoms with Gasteiger partial charge in [0.1, 0.15) is 5.69 Å². The van der Waals surface area contributed by atoms with Crippen molar-refractivity contribution in [3.8, 4) is 0 Å². The number of hydrogen-bond donors (Lipinski definition) is 0. The molecule has 150 valence electrons. The molecule has 2 rings (SSSR count). The first-order valence-electron chi connectivity index (χ1n) is 9.28. The number of anilines is 1. The van der Waals surface area contributed by atoms with Crippen molar-refractivity contribution < 1.29 is 19.2 Å². The maximum atomic E-state index is 12.8. The second-order valence-electron chi connectivity index (χ2n) is 6.91. The monoisotopic (exact) mass is 379 g/mol. The number of nitro benzene ring substituents is 1. The molecule has 1 amide bonds. The second-order valence-corrected chi connectivity index (χ2v) is 6.91. The Balaban J connectivity index is 2.24. The zero-order valence-corrected chi connectivity index (χ0v) is 16.3. The van der Waals surface area contributed by atoms with Crippen molar-refractivity contribution in [3.05, 3.63) is 33.9 Å². The predicted molar refractivity (Wildman–Crippen MR) is 103 cm³/mol. The van der Waals surface area contributed by atoms with Crippen LogP contribution in [0.2, 0.25) is 0 Å². The third-order valence-corrected chi connectivity index (χ3v) is 4.96. The topological polar surface area (TPSA) is 85.2 Å². The molecule has 1 aromatic carbocycles. The average Bonchev–Trinajstić information content (AvgIpc) is 2.68. The molecule has 8 nitrogen and oxygen atoms in total. The van der Waals surface area contributed by atoms with Gasteiger partial charge in [0.05, 0.1) is 18.1 Å². The fourth-order valence-corrected chi connectivity index (χ4v) is 3.22. The van der Waals surface area contributed by atoms with Crippen LogP contribution in [0.1, 0.15) is 30.1 Å². The first-order valence-corrected chi connectivity index (χ1v) is 9.28. The molecular formula is C19H29N3O5. The predicted octanol–water partition coefficient (Wildman–Crippen LogP) is 2.57. The molecular weight excluding hydrogens is 350 g/mol. The number of carbonyl (C=O) groups excluding carboxylic acids is 1. The van der Waals surface area contributed by atoms with Gasteiger partial charge in [-0.1, -0.05) is 6.92 Å². The lowest BCUT2D eigenvalue weighted by Crippen LogP contribution is -2.36. The van der Waals surface area contributed by atoms with Gasteiger partial charge in [0.25, 0.3) is 11.6 Å². The average molecular weight is 379 g/mol. The summed E-state index contributed by atoms with van der Waals surface area (Å²) >= 11 is 0. The maximum Gasteiger partial charge on any atom is 0.293 e. The van der Waals surface area contributed by atoms with Crippen molar-refractivity contribution in [2.45, 2.75) is 19.8 Å². The molecule has 1 aromatic rings. The van der Waals surface area contributed by atoms with Crippen molar-refractivity contribution in [3.63, 3.8) is 0 Å². The quantitative estimate of drug-likeness (QED) is 0.484. The van der Waals surface area contributed by atoms with Crippen molar-refractivity contribution >= 4 is 17.3 Å². The molecule has 27 heavy (non-hydrogen) atoms. The Labute approximate surface area is 160 Å². The number of amides is 1. The van der Waals surface area contributed by atoms with Crippen LogP contribution in [0, 0.1) is 16.0 Å². The molecule has 0 N–H and O–H groups in total. The van der Waals surface area contributed by atoms with E-state index in [1.165, 1.54) is 6.07 Å². The highest BCUT2D eigenvalue weighted by Gasteiger charge is 2.26. The Hall–Kier alpha value is -2.19. The summed E-state index contributed by atoms with van der Waals surface area (Å²) < 4.78 is 10.1. The molecule has 1 heterocycles. The maximum absolute atomic E-state index is 12.8. The van der Waals surface area contributed by atoms with Gasteiger partial charge >= 0.3 is 0 Å². The SMILES string of the molecule is COCCN(CCOC)C(=O)c1ccc(N2CCC(C)CC2)c([N+](=O)[O-])c1. The summed E-state index contributed by atoms with van der Waals surface area (Å²) in [6, 6.07) is 4.77. The zero-order valence-electron chi connectivity index (χ0n) is 16.3. The number of rotatable bonds is 9. The minimum Gasteiger partial charge on any atom is -0.383 e. The number of benzene rings is 1. The Morgan fingerprint density at radius 3 is 2.33 bits per heavy atom. The molecule has 1 aliphatic heterocycles. The fraction of sp³-hybridized carbons (Fsp3) is 0.632. The lowest BCUT2D eigenvalue weighted by atomic mass is 9.98. The molecule has 1 saturated heterocycles. The highest BCUT2D eigenvalue weighted by molar-refractivity contribution is 5.95. The minimum atomic E-state index is -0.404. The summed E-state index contributed by atoms with van der Waals surface area (Å²) in [5.74, 6) is 0.377. The molecule has 1 aliphatic rings. The molecule has 0 radical (unpaired) electrons. The third-order valence-electron chi connectivity index (χ3n) is 4.96. The molecule has 1 fully saturated rings. The van der Waals surface area contributed by atoms with Crippen LogP contribution < -0.4 is 4.90 Å². The zero-order chi connectivity index (χ0) is 19.8. The van der Waals surface area contributed by atoms with E-state index in [4.69, 9.17) is 9.47 Å². The summed E-state index contributed by atoms with van der Waals surface area (Å²) in [4.78, 5) is 27.7. The van der Waals surface area contributed by atoms with Gasteiger partial charge in [0.15, 0.2) is 0 Å². The lowest BCUT2D eigenvalue weighted by Gasteiger charge is -2.32. The van der Waals surface area contributed by atoms with Crippen molar-refractivity contribution in [1.29, 1.82) is 0 Å². The fourth-order valence-electron chi connectivity index (χ4n) is 3.22. The number of ether oxygens (including phenoxy) is 2. The summed E-state index contributed by atoms with van der Waals surface area (Å²) in [7, 11) is 3.14. The number of piperidine rings is 1. The van der Waals surface area contributed by atoms with E-state index in [0.717, 1.165) is 25.9 Å². The van der Waals surface area contributed by atoms with Crippen molar-refractivity contribution in [2.24, 2.45) is 5.92 Å². The smallest absolute Gasteiger partial charge is 0.293 e. The van der Waals surface area contributed by atoms with Crippen molar-refractivity contribution in [1.82, 2.24) is 4.90 Å². The van der Waals surface area contributed by atoms with E-state index < -0.39 is 4.92 Å². The van der Waals surface area contributed by atoms with Crippen LogP contribution in [0.15, 0.2) is 18.2 Å². The Bertz CT molecular complexity index is 636. The van der Waals surface area contributed by atoms with Crippen molar-refractivity contribution in [2.75, 3.05) is 58.5 Å². The van der Waals surface area contributed by atoms with Gasteiger partial charge < -0.3 is 19.3 Å². The second kappa shape index (κ2) is 10.2. The molecule has 0 saturated carbocycles. The van der Waals surface area contributed by atoms with Crippen LogP contribution in [0.4, 0.5) is 11.4 Å². The third kappa shape index (κ3) is 5.64. The molecule has 0 unspecified atom stereocenters. The van der Waals surface area contributed by atoms with Crippen LogP contribution in [0.5, 0.6) is 0 Å². The van der Waals surface area contributed by atoms with E-state index in [-0.39, 0.29) is 11.6 Å². The van der Waals surface area contributed by atoms with Gasteiger partial charge in [-0.15, -0.1) is 0 Å². The summed E-state index contributed by atoms with van der Waals surface area (Å²) in [5.41, 5.74) is 0.876. The number of hydrogen-bond acceptors (Lipinski definition) is 6. The van der Waals surface area contributed by atoms with E-state index in [1.807, 2.05) is 4.90 Å². The molecule has 0 aliphatic carbocycles. The number of methoxy groups -OCH3 is 2. The highest BCUT2D eigenvalue weighted by Crippen LogP contribution is 2.32. The van der Waals surface area contributed by atoms with Gasteiger partial charge in [0.2, 0.25) is 0 Å². The Kier molecular flexibility index (Phi) is 7.99. The summed E-state index contributed by atoms with van der Waals surface area (Å²) in [5, 5.41) is 11.6. The van der Waals surface area contributed by atoms with E-state index in [9.17, 15) is 14.9 Å². The highest BCUT2D eigenvalue weighted by atomic mass is 16.6. The van der Waals surface area contributed by atoms with E-state index in [0.29, 0.717) is 43.5 Å². The number of nitrogens with zero attached hydrogens (tertiary/aromatic N) is 3. The molecule has 8 heteroatoms.